The summed E-state index contributed by atoms with van der Waals surface area (Å²) < 4.78 is 128. The van der Waals surface area contributed by atoms with Crippen LogP contribution in [0, 0.1) is 6.92 Å². The van der Waals surface area contributed by atoms with E-state index in [4.69, 9.17) is 28.2 Å². The van der Waals surface area contributed by atoms with Crippen LogP contribution in [-0.4, -0.2) is 84.8 Å². The number of fused-ring (bicyclic) bond motifs is 2. The van der Waals surface area contributed by atoms with E-state index in [1.54, 1.807) is 80.8 Å². The maximum Gasteiger partial charge on any atom is 0.296 e. The molecule has 0 radical (unpaired) electrons. The lowest BCUT2D eigenvalue weighted by Gasteiger charge is -2.12. The number of anilines is 2. The number of hydrogen-bond acceptors (Lipinski definition) is 19. The minimum absolute atomic E-state index is 0.00799. The number of hydrogen-bond donors (Lipinski definition) is 5. The zero-order valence-electron chi connectivity index (χ0n) is 38.1. The number of nitrogens with zero attached hydrogens (tertiary/aromatic N) is 6. The van der Waals surface area contributed by atoms with Gasteiger partial charge in [0.05, 0.1) is 57.1 Å². The Morgan fingerprint density at radius 3 is 1.72 bits per heavy atom. The third-order valence-electron chi connectivity index (χ3n) is 10.5. The van der Waals surface area contributed by atoms with Crippen LogP contribution in [0.3, 0.4) is 0 Å². The zero-order valence-corrected chi connectivity index (χ0v) is 40.6. The summed E-state index contributed by atoms with van der Waals surface area (Å²) in [4.78, 5) is -1.15. The quantitative estimate of drug-likeness (QED) is 0.0285. The summed E-state index contributed by atoms with van der Waals surface area (Å²) in [6.07, 6.45) is -0.105. The summed E-state index contributed by atoms with van der Waals surface area (Å²) in [6.45, 7) is 1.54. The van der Waals surface area contributed by atoms with E-state index in [1.807, 2.05) is 0 Å². The second kappa shape index (κ2) is 21.0. The highest BCUT2D eigenvalue weighted by atomic mass is 32.2. The number of ether oxygens (including phenoxy) is 5. The van der Waals surface area contributed by atoms with Crippen LogP contribution in [-0.2, 0) is 30.4 Å². The molecule has 7 aromatic carbocycles. The van der Waals surface area contributed by atoms with Crippen molar-refractivity contribution in [2.75, 3.05) is 46.1 Å². The normalized spacial score (nSPS) is 12.3. The Kier molecular flexibility index (Phi) is 15.1. The largest absolute Gasteiger partial charge is 0.505 e. The fourth-order valence-electron chi connectivity index (χ4n) is 6.96. The average molecular weight is 1030 g/mol. The highest BCUT2D eigenvalue weighted by molar-refractivity contribution is 7.86. The van der Waals surface area contributed by atoms with Crippen molar-refractivity contribution in [2.24, 2.45) is 30.7 Å². The number of nitrogens with one attached hydrogen (secondary N) is 1. The van der Waals surface area contributed by atoms with Gasteiger partial charge in [0.2, 0.25) is 0 Å². The Labute approximate surface area is 406 Å². The summed E-state index contributed by atoms with van der Waals surface area (Å²) in [5.74, 6) is -0.0121. The minimum atomic E-state index is -4.95. The van der Waals surface area contributed by atoms with E-state index in [0.29, 0.717) is 44.8 Å². The first-order valence-electron chi connectivity index (χ1n) is 20.7. The van der Waals surface area contributed by atoms with Gasteiger partial charge in [0, 0.05) is 46.4 Å². The van der Waals surface area contributed by atoms with Crippen LogP contribution in [0.1, 0.15) is 12.0 Å². The number of methoxy groups -OCH3 is 4. The first kappa shape index (κ1) is 51.1. The van der Waals surface area contributed by atoms with E-state index in [1.165, 1.54) is 51.7 Å². The molecule has 0 unspecified atom stereocenters. The molecule has 0 aliphatic heterocycles. The molecule has 7 rings (SSSR count). The van der Waals surface area contributed by atoms with Gasteiger partial charge >= 0.3 is 0 Å². The third kappa shape index (κ3) is 12.3. The smallest absolute Gasteiger partial charge is 0.296 e. The second-order valence-corrected chi connectivity index (χ2v) is 19.6. The molecule has 0 aromatic heterocycles. The van der Waals surface area contributed by atoms with Crippen molar-refractivity contribution in [3.63, 3.8) is 0 Å². The van der Waals surface area contributed by atoms with Crippen LogP contribution in [0.4, 0.5) is 45.5 Å². The lowest BCUT2D eigenvalue weighted by Crippen LogP contribution is -2.09. The first-order chi connectivity index (χ1) is 33.7. The SMILES string of the molecule is COc1ccc(Nc2ccc3c(O)c(N=Nc4cc(OC)c(N=Nc5cc(C)c(N=Nc6ccc7cc(S(=O)(=O)O)cc(OCCCS(=O)(=O)O)c7c6)cc5OC)cc4OC)c(S(=O)(=O)O)cc3c2)cc1. The van der Waals surface area contributed by atoms with Gasteiger partial charge < -0.3 is 34.1 Å². The van der Waals surface area contributed by atoms with Crippen molar-refractivity contribution in [3.05, 3.63) is 109 Å². The van der Waals surface area contributed by atoms with Crippen molar-refractivity contribution in [3.8, 4) is 34.5 Å². The molecule has 0 aliphatic carbocycles. The molecule has 5 N–H and O–H groups in total. The molecule has 0 fully saturated rings. The van der Waals surface area contributed by atoms with E-state index < -0.39 is 57.3 Å². The van der Waals surface area contributed by atoms with E-state index in [0.717, 1.165) is 6.07 Å². The number of benzene rings is 7. The molecule has 0 amide bonds. The molecular weight excluding hydrogens is 987 g/mol. The molecule has 71 heavy (non-hydrogen) atoms. The predicted molar refractivity (Wildman–Crippen MR) is 262 cm³/mol. The maximum absolute atomic E-state index is 12.7. The number of azo groups is 3. The van der Waals surface area contributed by atoms with Crippen molar-refractivity contribution < 1.29 is 67.7 Å². The summed E-state index contributed by atoms with van der Waals surface area (Å²) >= 11 is 0. The van der Waals surface area contributed by atoms with Crippen molar-refractivity contribution in [2.45, 2.75) is 23.1 Å². The van der Waals surface area contributed by atoms with Crippen molar-refractivity contribution in [1.82, 2.24) is 0 Å². The van der Waals surface area contributed by atoms with Crippen molar-refractivity contribution >= 4 is 97.4 Å². The first-order valence-corrected chi connectivity index (χ1v) is 25.2. The van der Waals surface area contributed by atoms with Gasteiger partial charge in [0.25, 0.3) is 30.4 Å². The highest BCUT2D eigenvalue weighted by Gasteiger charge is 2.23. The van der Waals surface area contributed by atoms with Gasteiger partial charge in [-0.3, -0.25) is 13.7 Å². The Hall–Kier alpha value is -7.81. The minimum Gasteiger partial charge on any atom is -0.505 e. The summed E-state index contributed by atoms with van der Waals surface area (Å²) in [7, 11) is -8.17. The van der Waals surface area contributed by atoms with Crippen molar-refractivity contribution in [1.29, 1.82) is 0 Å². The molecule has 0 saturated heterocycles. The van der Waals surface area contributed by atoms with E-state index in [9.17, 15) is 39.5 Å². The zero-order chi connectivity index (χ0) is 51.3. The van der Waals surface area contributed by atoms with Crippen LogP contribution >= 0.6 is 0 Å². The molecule has 0 saturated carbocycles. The van der Waals surface area contributed by atoms with Crippen LogP contribution in [0.5, 0.6) is 34.5 Å². The van der Waals surface area contributed by atoms with Gasteiger partial charge in [-0.25, -0.2) is 0 Å². The Bertz CT molecular complexity index is 3630. The summed E-state index contributed by atoms with van der Waals surface area (Å²) in [6, 6.07) is 26.1. The second-order valence-electron chi connectivity index (χ2n) is 15.2. The molecule has 0 bridgehead atoms. The van der Waals surface area contributed by atoms with Crippen LogP contribution in [0.2, 0.25) is 0 Å². The third-order valence-corrected chi connectivity index (χ3v) is 13.0. The van der Waals surface area contributed by atoms with Gasteiger partial charge in [0.15, 0.2) is 5.75 Å². The Morgan fingerprint density at radius 1 is 0.535 bits per heavy atom. The average Bonchev–Trinajstić information content (AvgIpc) is 3.33. The number of aryl methyl sites for hydroxylation is 1. The number of aromatic hydroxyl groups is 1. The molecule has 370 valence electrons. The van der Waals surface area contributed by atoms with Crippen LogP contribution in [0.15, 0.2) is 144 Å². The molecule has 22 nitrogen and oxygen atoms in total. The van der Waals surface area contributed by atoms with Gasteiger partial charge in [-0.15, -0.1) is 20.5 Å². The topological polar surface area (TPSA) is 316 Å². The lowest BCUT2D eigenvalue weighted by atomic mass is 10.1. The standard InChI is InChI=1S/C46H43N7O15S3/c1-26-17-37(41(65-3)23-36(26)49-48-31-8-7-27-19-33(70(58,59)60)22-40(35(27)21-31)68-15-6-16-69(55,56)57)50-51-38-24-43(67-5)39(25-42(38)66-4)52-53-45-44(71(61,62)63)20-28-18-30(11-14-34(28)46(45)54)47-29-9-12-32(64-2)13-10-29/h7-14,17-25,47,54H,6,15-16H2,1-5H3,(H,55,56,57)(H,58,59,60)(H,61,62,63). The van der Waals surface area contributed by atoms with E-state index in [2.05, 4.69) is 36.0 Å². The molecule has 0 aliphatic rings. The van der Waals surface area contributed by atoms with E-state index in [-0.39, 0.29) is 63.9 Å². The van der Waals surface area contributed by atoms with Gasteiger partial charge in [0.1, 0.15) is 56.4 Å². The number of phenolic OH excluding ortho intramolecular Hbond substituents is 1. The monoisotopic (exact) mass is 1030 g/mol. The molecule has 0 spiro atoms. The molecule has 7 aromatic rings. The van der Waals surface area contributed by atoms with Crippen LogP contribution < -0.4 is 29.0 Å². The fraction of sp³-hybridized carbons (Fsp3) is 0.174. The Morgan fingerprint density at radius 2 is 1.13 bits per heavy atom. The molecular formula is C46H43N7O15S3. The number of phenols is 1. The van der Waals surface area contributed by atoms with Crippen LogP contribution in [0.25, 0.3) is 21.5 Å². The molecule has 25 heteroatoms. The lowest BCUT2D eigenvalue weighted by molar-refractivity contribution is 0.319. The highest BCUT2D eigenvalue weighted by Crippen LogP contribution is 2.46. The molecule has 0 atom stereocenters. The fourth-order valence-corrected chi connectivity index (χ4v) is 8.63. The maximum atomic E-state index is 12.7. The summed E-state index contributed by atoms with van der Waals surface area (Å²) in [5.41, 5.74) is 2.49. The van der Waals surface area contributed by atoms with Gasteiger partial charge in [-0.05, 0) is 102 Å². The summed E-state index contributed by atoms with van der Waals surface area (Å²) in [5, 5.41) is 41.4. The predicted octanol–water partition coefficient (Wildman–Crippen LogP) is 11.2. The molecule has 0 heterocycles. The number of rotatable bonds is 19. The van der Waals surface area contributed by atoms with Gasteiger partial charge in [-0.1, -0.05) is 6.07 Å². The van der Waals surface area contributed by atoms with E-state index >= 15 is 0 Å². The Balaban J connectivity index is 1.14. The van der Waals surface area contributed by atoms with Gasteiger partial charge in [-0.2, -0.15) is 35.5 Å².